The zero-order valence-corrected chi connectivity index (χ0v) is 14.2. The summed E-state index contributed by atoms with van der Waals surface area (Å²) < 4.78 is 7.58. The molecule has 2 heterocycles. The van der Waals surface area contributed by atoms with E-state index in [0.717, 1.165) is 37.8 Å². The largest absolute Gasteiger partial charge is 0.382 e. The molecule has 2 aromatic rings. The Morgan fingerprint density at radius 3 is 2.86 bits per heavy atom. The van der Waals surface area contributed by atoms with Crippen molar-refractivity contribution >= 4 is 17.3 Å². The van der Waals surface area contributed by atoms with Crippen LogP contribution in [0.15, 0.2) is 18.3 Å². The van der Waals surface area contributed by atoms with Gasteiger partial charge in [-0.15, -0.1) is 11.3 Å². The predicted molar refractivity (Wildman–Crippen MR) is 89.4 cm³/mol. The summed E-state index contributed by atoms with van der Waals surface area (Å²) in [5, 5.41) is 3.43. The molecule has 0 amide bonds. The molecule has 2 aromatic heterocycles. The second kappa shape index (κ2) is 7.61. The number of rotatable bonds is 8. The number of imidazole rings is 1. The quantitative estimate of drug-likeness (QED) is 0.749. The molecular formula is C16H25N3OS. The Bertz CT molecular complexity index is 562. The molecule has 21 heavy (non-hydrogen) atoms. The van der Waals surface area contributed by atoms with Crippen LogP contribution in [0.2, 0.25) is 0 Å². The average Bonchev–Trinajstić information content (AvgIpc) is 3.04. The van der Waals surface area contributed by atoms with E-state index in [9.17, 15) is 0 Å². The molecular weight excluding hydrogens is 282 g/mol. The van der Waals surface area contributed by atoms with Gasteiger partial charge in [0.2, 0.25) is 5.95 Å². The van der Waals surface area contributed by atoms with E-state index in [2.05, 4.69) is 47.0 Å². The first-order valence-electron chi connectivity index (χ1n) is 7.55. The smallest absolute Gasteiger partial charge is 0.203 e. The van der Waals surface area contributed by atoms with Gasteiger partial charge in [-0.05, 0) is 46.2 Å². The molecule has 0 saturated carbocycles. The minimum Gasteiger partial charge on any atom is -0.382 e. The number of thiophene rings is 1. The van der Waals surface area contributed by atoms with Gasteiger partial charge < -0.3 is 14.6 Å². The molecule has 1 unspecified atom stereocenters. The molecule has 0 radical (unpaired) electrons. The molecule has 0 bridgehead atoms. The first-order chi connectivity index (χ1) is 10.1. The number of aromatic nitrogens is 2. The molecule has 0 aliphatic carbocycles. The highest BCUT2D eigenvalue weighted by Crippen LogP contribution is 2.28. The van der Waals surface area contributed by atoms with Crippen LogP contribution in [0.1, 0.15) is 41.8 Å². The third-order valence-corrected chi connectivity index (χ3v) is 4.57. The van der Waals surface area contributed by atoms with Gasteiger partial charge in [-0.1, -0.05) is 0 Å². The Hall–Kier alpha value is -1.33. The topological polar surface area (TPSA) is 39.1 Å². The summed E-state index contributed by atoms with van der Waals surface area (Å²) in [5.74, 6) is 0.947. The SMILES string of the molecule is CCOCCCNc1nc(C)cn1C(C)c1ccc(C)s1. The van der Waals surface area contributed by atoms with E-state index in [4.69, 9.17) is 4.74 Å². The molecule has 5 heteroatoms. The molecule has 4 nitrogen and oxygen atoms in total. The van der Waals surface area contributed by atoms with Gasteiger partial charge in [0.15, 0.2) is 0 Å². The lowest BCUT2D eigenvalue weighted by molar-refractivity contribution is 0.147. The minimum absolute atomic E-state index is 0.305. The third-order valence-electron chi connectivity index (χ3n) is 3.40. The summed E-state index contributed by atoms with van der Waals surface area (Å²) >= 11 is 1.85. The van der Waals surface area contributed by atoms with E-state index in [1.54, 1.807) is 0 Å². The highest BCUT2D eigenvalue weighted by atomic mass is 32.1. The van der Waals surface area contributed by atoms with Crippen LogP contribution in [-0.2, 0) is 4.74 Å². The minimum atomic E-state index is 0.305. The molecule has 0 spiro atoms. The zero-order valence-electron chi connectivity index (χ0n) is 13.3. The van der Waals surface area contributed by atoms with Gasteiger partial charge in [-0.25, -0.2) is 4.98 Å². The lowest BCUT2D eigenvalue weighted by Crippen LogP contribution is -2.13. The fraction of sp³-hybridized carbons (Fsp3) is 0.562. The Morgan fingerprint density at radius 2 is 2.19 bits per heavy atom. The lowest BCUT2D eigenvalue weighted by Gasteiger charge is -2.15. The van der Waals surface area contributed by atoms with E-state index in [1.807, 2.05) is 25.2 Å². The third kappa shape index (κ3) is 4.32. The molecule has 0 aliphatic heterocycles. The van der Waals surface area contributed by atoms with Crippen LogP contribution in [0.5, 0.6) is 0 Å². The van der Waals surface area contributed by atoms with Gasteiger partial charge >= 0.3 is 0 Å². The van der Waals surface area contributed by atoms with Crippen LogP contribution in [0, 0.1) is 13.8 Å². The summed E-state index contributed by atoms with van der Waals surface area (Å²) in [6, 6.07) is 4.69. The molecule has 0 fully saturated rings. The Kier molecular flexibility index (Phi) is 5.82. The van der Waals surface area contributed by atoms with Gasteiger partial charge in [-0.3, -0.25) is 0 Å². The van der Waals surface area contributed by atoms with Crippen LogP contribution >= 0.6 is 11.3 Å². The highest BCUT2D eigenvalue weighted by molar-refractivity contribution is 7.12. The van der Waals surface area contributed by atoms with Crippen molar-refractivity contribution in [3.05, 3.63) is 33.8 Å². The zero-order chi connectivity index (χ0) is 15.2. The van der Waals surface area contributed by atoms with Crippen LogP contribution in [0.25, 0.3) is 0 Å². The standard InChI is InChI=1S/C16H25N3OS/c1-5-20-10-6-9-17-16-18-12(2)11-19(16)14(4)15-8-7-13(3)21-15/h7-8,11,14H,5-6,9-10H2,1-4H3,(H,17,18). The van der Waals surface area contributed by atoms with Crippen LogP contribution < -0.4 is 5.32 Å². The molecule has 0 aliphatic rings. The van der Waals surface area contributed by atoms with E-state index in [1.165, 1.54) is 9.75 Å². The summed E-state index contributed by atoms with van der Waals surface area (Å²) in [4.78, 5) is 7.31. The van der Waals surface area contributed by atoms with Crippen molar-refractivity contribution in [1.29, 1.82) is 0 Å². The number of anilines is 1. The molecule has 1 atom stereocenters. The van der Waals surface area contributed by atoms with E-state index in [-0.39, 0.29) is 0 Å². The van der Waals surface area contributed by atoms with Crippen LogP contribution in [0.4, 0.5) is 5.95 Å². The summed E-state index contributed by atoms with van der Waals surface area (Å²) in [5.41, 5.74) is 1.04. The van der Waals surface area contributed by atoms with E-state index >= 15 is 0 Å². The number of hydrogen-bond acceptors (Lipinski definition) is 4. The summed E-state index contributed by atoms with van der Waals surface area (Å²) in [6.45, 7) is 10.9. The van der Waals surface area contributed by atoms with E-state index < -0.39 is 0 Å². The first-order valence-corrected chi connectivity index (χ1v) is 8.37. The number of hydrogen-bond donors (Lipinski definition) is 1. The lowest BCUT2D eigenvalue weighted by atomic mass is 10.2. The maximum atomic E-state index is 5.36. The normalized spacial score (nSPS) is 12.6. The molecule has 116 valence electrons. The average molecular weight is 307 g/mol. The second-order valence-corrected chi connectivity index (χ2v) is 6.53. The highest BCUT2D eigenvalue weighted by Gasteiger charge is 2.14. The fourth-order valence-electron chi connectivity index (χ4n) is 2.28. The Labute approximate surface area is 131 Å². The number of aryl methyl sites for hydroxylation is 2. The maximum Gasteiger partial charge on any atom is 0.203 e. The van der Waals surface area contributed by atoms with E-state index in [0.29, 0.717) is 6.04 Å². The van der Waals surface area contributed by atoms with Gasteiger partial charge in [0.1, 0.15) is 0 Å². The Morgan fingerprint density at radius 1 is 1.38 bits per heavy atom. The maximum absolute atomic E-state index is 5.36. The number of nitrogens with zero attached hydrogens (tertiary/aromatic N) is 2. The molecule has 1 N–H and O–H groups in total. The van der Waals surface area contributed by atoms with Crippen molar-refractivity contribution < 1.29 is 4.74 Å². The Balaban J connectivity index is 2.02. The van der Waals surface area contributed by atoms with Gasteiger partial charge in [-0.2, -0.15) is 0 Å². The van der Waals surface area contributed by atoms with Crippen molar-refractivity contribution in [1.82, 2.24) is 9.55 Å². The molecule has 0 aromatic carbocycles. The van der Waals surface area contributed by atoms with Gasteiger partial charge in [0.05, 0.1) is 11.7 Å². The predicted octanol–water partition coefficient (Wildman–Crippen LogP) is 4.01. The second-order valence-electron chi connectivity index (χ2n) is 5.21. The fourth-order valence-corrected chi connectivity index (χ4v) is 3.20. The van der Waals surface area contributed by atoms with Gasteiger partial charge in [0.25, 0.3) is 0 Å². The summed E-state index contributed by atoms with van der Waals surface area (Å²) in [6.07, 6.45) is 3.11. The van der Waals surface area contributed by atoms with Crippen LogP contribution in [0.3, 0.4) is 0 Å². The number of ether oxygens (including phenoxy) is 1. The first kappa shape index (κ1) is 16.0. The molecule has 0 saturated heterocycles. The van der Waals surface area contributed by atoms with Crippen molar-refractivity contribution in [3.63, 3.8) is 0 Å². The van der Waals surface area contributed by atoms with Gasteiger partial charge in [0, 0.05) is 35.7 Å². The molecule has 2 rings (SSSR count). The van der Waals surface area contributed by atoms with Crippen molar-refractivity contribution in [2.24, 2.45) is 0 Å². The number of nitrogens with one attached hydrogen (secondary N) is 1. The van der Waals surface area contributed by atoms with Crippen molar-refractivity contribution in [3.8, 4) is 0 Å². The monoisotopic (exact) mass is 307 g/mol. The summed E-state index contributed by atoms with van der Waals surface area (Å²) in [7, 11) is 0. The van der Waals surface area contributed by atoms with Crippen molar-refractivity contribution in [2.75, 3.05) is 25.1 Å². The van der Waals surface area contributed by atoms with Crippen LogP contribution in [-0.4, -0.2) is 29.3 Å². The van der Waals surface area contributed by atoms with Crippen molar-refractivity contribution in [2.45, 2.75) is 40.2 Å².